The first-order valence-corrected chi connectivity index (χ1v) is 4.39. The molecule has 1 heterocycles. The quantitative estimate of drug-likeness (QED) is 0.492. The first-order valence-electron chi connectivity index (χ1n) is 4.39. The van der Waals surface area contributed by atoms with Crippen LogP contribution in [-0.4, -0.2) is 17.0 Å². The Bertz CT molecular complexity index is 458. The number of hydrogen-bond acceptors (Lipinski definition) is 3. The van der Waals surface area contributed by atoms with Gasteiger partial charge in [-0.2, -0.15) is 0 Å². The Balaban J connectivity index is 2.48. The minimum atomic E-state index is -0.673. The summed E-state index contributed by atoms with van der Waals surface area (Å²) in [6.07, 6.45) is 1.85. The number of benzene rings is 1. The third kappa shape index (κ3) is 1.51. The highest BCUT2D eigenvalue weighted by atomic mass is 16.6. The molecule has 4 heteroatoms. The first-order chi connectivity index (χ1) is 6.59. The summed E-state index contributed by atoms with van der Waals surface area (Å²) in [5, 5.41) is 12.3. The Morgan fingerprint density at radius 3 is 2.86 bits per heavy atom. The van der Waals surface area contributed by atoms with E-state index in [1.165, 1.54) is 0 Å². The van der Waals surface area contributed by atoms with Crippen LogP contribution in [0.2, 0.25) is 0 Å². The number of nitrogens with zero attached hydrogens (tertiary/aromatic N) is 2. The summed E-state index contributed by atoms with van der Waals surface area (Å²) in [5.74, 6) is 0. The third-order valence-corrected chi connectivity index (χ3v) is 2.23. The fraction of sp³-hybridized carbons (Fsp3) is 0.300. The van der Waals surface area contributed by atoms with Crippen molar-refractivity contribution in [2.24, 2.45) is 4.99 Å². The molecule has 4 nitrogen and oxygen atoms in total. The highest BCUT2D eigenvalue weighted by molar-refractivity contribution is 5.40. The van der Waals surface area contributed by atoms with E-state index < -0.39 is 5.54 Å². The summed E-state index contributed by atoms with van der Waals surface area (Å²) in [4.78, 5) is 14.4. The predicted molar refractivity (Wildman–Crippen MR) is 52.0 cm³/mol. The van der Waals surface area contributed by atoms with Crippen molar-refractivity contribution in [2.45, 2.75) is 12.5 Å². The van der Waals surface area contributed by atoms with Crippen molar-refractivity contribution in [3.8, 4) is 0 Å². The molecule has 0 saturated heterocycles. The van der Waals surface area contributed by atoms with E-state index in [0.29, 0.717) is 0 Å². The Morgan fingerprint density at radius 2 is 2.21 bits per heavy atom. The second-order valence-electron chi connectivity index (χ2n) is 3.66. The molecule has 0 aliphatic carbocycles. The lowest BCUT2D eigenvalue weighted by atomic mass is 10.0. The lowest BCUT2D eigenvalue weighted by Crippen LogP contribution is -2.28. The molecule has 1 aliphatic heterocycles. The summed E-state index contributed by atoms with van der Waals surface area (Å²) >= 11 is 0. The predicted octanol–water partition coefficient (Wildman–Crippen LogP) is 0.136. The largest absolute Gasteiger partial charge is 0.267 e. The molecular formula is C10H10N2O2. The van der Waals surface area contributed by atoms with E-state index in [4.69, 9.17) is 0 Å². The molecule has 0 fully saturated rings. The smallest absolute Gasteiger partial charge is 0.232 e. The molecule has 2 rings (SSSR count). The van der Waals surface area contributed by atoms with Crippen molar-refractivity contribution in [2.75, 3.05) is 6.54 Å². The van der Waals surface area contributed by atoms with E-state index in [-0.39, 0.29) is 11.5 Å². The lowest BCUT2D eigenvalue weighted by Gasteiger charge is -2.11. The molecule has 1 aromatic rings. The van der Waals surface area contributed by atoms with Crippen molar-refractivity contribution >= 4 is 6.08 Å². The maximum Gasteiger partial charge on any atom is 0.232 e. The van der Waals surface area contributed by atoms with E-state index >= 15 is 0 Å². The van der Waals surface area contributed by atoms with Crippen molar-refractivity contribution in [1.29, 1.82) is 0 Å². The van der Waals surface area contributed by atoms with Crippen molar-refractivity contribution in [1.82, 2.24) is 0 Å². The van der Waals surface area contributed by atoms with Crippen molar-refractivity contribution in [3.63, 3.8) is 0 Å². The first kappa shape index (κ1) is 8.87. The molecular weight excluding hydrogens is 180 g/mol. The van der Waals surface area contributed by atoms with E-state index in [1.807, 2.05) is 30.3 Å². The summed E-state index contributed by atoms with van der Waals surface area (Å²) in [7, 11) is 0. The summed E-state index contributed by atoms with van der Waals surface area (Å²) < 4.78 is 0. The minimum absolute atomic E-state index is 0.151. The Morgan fingerprint density at radius 1 is 1.50 bits per heavy atom. The SMILES string of the molecule is CC1(C[N+](=O)[O-])C=c2ccccc2=N1. The van der Waals surface area contributed by atoms with Gasteiger partial charge < -0.3 is 0 Å². The van der Waals surface area contributed by atoms with E-state index in [0.717, 1.165) is 10.6 Å². The fourth-order valence-electron chi connectivity index (χ4n) is 1.70. The Hall–Kier alpha value is -1.71. The lowest BCUT2D eigenvalue weighted by molar-refractivity contribution is -0.485. The summed E-state index contributed by atoms with van der Waals surface area (Å²) in [6, 6.07) is 7.58. The molecule has 1 atom stereocenters. The Labute approximate surface area is 80.7 Å². The van der Waals surface area contributed by atoms with Gasteiger partial charge in [0.2, 0.25) is 6.54 Å². The van der Waals surface area contributed by atoms with Crippen LogP contribution in [0, 0.1) is 10.1 Å². The second kappa shape index (κ2) is 2.90. The Kier molecular flexibility index (Phi) is 1.84. The number of hydrogen-bond donors (Lipinski definition) is 0. The van der Waals surface area contributed by atoms with Gasteiger partial charge in [0, 0.05) is 4.92 Å². The number of fused-ring (bicyclic) bond motifs is 1. The summed E-state index contributed by atoms with van der Waals surface area (Å²) in [6.45, 7) is 1.62. The van der Waals surface area contributed by atoms with Gasteiger partial charge in [0.25, 0.3) is 0 Å². The van der Waals surface area contributed by atoms with Gasteiger partial charge in [0.15, 0.2) is 0 Å². The maximum atomic E-state index is 10.4. The van der Waals surface area contributed by atoms with Crippen LogP contribution >= 0.6 is 0 Å². The topological polar surface area (TPSA) is 55.5 Å². The van der Waals surface area contributed by atoms with Gasteiger partial charge in [-0.15, -0.1) is 0 Å². The van der Waals surface area contributed by atoms with Crippen LogP contribution in [0.3, 0.4) is 0 Å². The van der Waals surface area contributed by atoms with E-state index in [2.05, 4.69) is 4.99 Å². The molecule has 1 aromatic carbocycles. The van der Waals surface area contributed by atoms with Gasteiger partial charge in [0.05, 0.1) is 5.36 Å². The normalized spacial score (nSPS) is 23.5. The summed E-state index contributed by atoms with van der Waals surface area (Å²) in [5.41, 5.74) is -0.673. The molecule has 0 bridgehead atoms. The second-order valence-corrected chi connectivity index (χ2v) is 3.66. The highest BCUT2D eigenvalue weighted by Crippen LogP contribution is 2.13. The maximum absolute atomic E-state index is 10.4. The standard InChI is InChI=1S/C10H10N2O2/c1-10(7-12(13)14)6-8-4-2-3-5-9(8)11-10/h2-6H,7H2,1H3. The molecule has 72 valence electrons. The molecule has 0 aromatic heterocycles. The minimum Gasteiger partial charge on any atom is -0.267 e. The van der Waals surface area contributed by atoms with E-state index in [9.17, 15) is 10.1 Å². The average Bonchev–Trinajstić information content (AvgIpc) is 2.38. The number of nitro groups is 1. The van der Waals surface area contributed by atoms with Crippen molar-refractivity contribution < 1.29 is 4.92 Å². The van der Waals surface area contributed by atoms with Crippen LogP contribution < -0.4 is 10.6 Å². The monoisotopic (exact) mass is 190 g/mol. The molecule has 0 saturated carbocycles. The highest BCUT2D eigenvalue weighted by Gasteiger charge is 2.29. The number of para-hydroxylation sites is 1. The van der Waals surface area contributed by atoms with Gasteiger partial charge >= 0.3 is 0 Å². The zero-order valence-electron chi connectivity index (χ0n) is 7.80. The van der Waals surface area contributed by atoms with Gasteiger partial charge in [-0.3, -0.25) is 15.1 Å². The van der Waals surface area contributed by atoms with Gasteiger partial charge in [-0.25, -0.2) is 0 Å². The molecule has 1 unspecified atom stereocenters. The fourth-order valence-corrected chi connectivity index (χ4v) is 1.70. The van der Waals surface area contributed by atoms with Crippen molar-refractivity contribution in [3.05, 3.63) is 45.0 Å². The molecule has 1 aliphatic rings. The molecule has 0 radical (unpaired) electrons. The number of rotatable bonds is 2. The van der Waals surface area contributed by atoms with Crippen LogP contribution in [0.4, 0.5) is 0 Å². The van der Waals surface area contributed by atoms with E-state index in [1.54, 1.807) is 6.92 Å². The molecule has 0 N–H and O–H groups in total. The van der Waals surface area contributed by atoms with Crippen LogP contribution in [0.1, 0.15) is 6.92 Å². The third-order valence-electron chi connectivity index (χ3n) is 2.23. The average molecular weight is 190 g/mol. The zero-order valence-corrected chi connectivity index (χ0v) is 7.80. The van der Waals surface area contributed by atoms with Gasteiger partial charge in [0.1, 0.15) is 5.54 Å². The molecule has 0 spiro atoms. The zero-order chi connectivity index (χ0) is 10.2. The van der Waals surface area contributed by atoms with Crippen LogP contribution in [0.15, 0.2) is 29.3 Å². The van der Waals surface area contributed by atoms with Gasteiger partial charge in [-0.05, 0) is 24.3 Å². The molecule has 14 heavy (non-hydrogen) atoms. The van der Waals surface area contributed by atoms with Gasteiger partial charge in [-0.1, -0.05) is 18.2 Å². The van der Waals surface area contributed by atoms with Crippen LogP contribution in [0.25, 0.3) is 6.08 Å². The molecule has 0 amide bonds. The van der Waals surface area contributed by atoms with Crippen LogP contribution in [-0.2, 0) is 0 Å². The van der Waals surface area contributed by atoms with Crippen LogP contribution in [0.5, 0.6) is 0 Å².